The number of hydrogen-bond donors (Lipinski definition) is 21. The summed E-state index contributed by atoms with van der Waals surface area (Å²) in [5.41, 5.74) is 0. The maximum Gasteiger partial charge on any atom is 0.364 e. The second kappa shape index (κ2) is 28.0. The SMILES string of the molecule is CC(=O)N[C@@H]1[C@@H](O[C@@H]2O[C@H](CO)[C@H](O[C@@H]3O[C@H](CO)[C@H](O)[C@H](O)[C@H]3NC(C)=O)[C@H](O[C@]3(C(=O)O)C[C@H](O)[C@@H](NC(C)=O)[C@H]([C@H](O)[C@H](O)CO)O3)[C@H]2O)[C@@H](O)[C@@H](CO[C@]2(C(=O)O)C[C@H](O)[C@@H](NC(C)=O)[C@H]([C@H](O)[C@H](O)CO)O2)O[C@@H]1O. The third-order valence-corrected chi connectivity index (χ3v) is 13.9. The van der Waals surface area contributed by atoms with Gasteiger partial charge in [0.05, 0.1) is 57.3 Å². The molecule has 5 heterocycles. The molecule has 36 nitrogen and oxygen atoms in total. The van der Waals surface area contributed by atoms with Gasteiger partial charge in [-0.05, 0) is 0 Å². The zero-order chi connectivity index (χ0) is 60.0. The molecule has 21 N–H and O–H groups in total. The highest BCUT2D eigenvalue weighted by atomic mass is 16.8. The van der Waals surface area contributed by atoms with Gasteiger partial charge in [-0.2, -0.15) is 0 Å². The van der Waals surface area contributed by atoms with E-state index < -0.39 is 246 Å². The fourth-order valence-corrected chi connectivity index (χ4v) is 9.93. The summed E-state index contributed by atoms with van der Waals surface area (Å²) in [6.45, 7) is -2.04. The van der Waals surface area contributed by atoms with Gasteiger partial charge in [0, 0.05) is 40.5 Å². The van der Waals surface area contributed by atoms with Crippen molar-refractivity contribution in [2.45, 2.75) is 205 Å². The smallest absolute Gasteiger partial charge is 0.364 e. The van der Waals surface area contributed by atoms with Gasteiger partial charge in [0.25, 0.3) is 11.6 Å². The van der Waals surface area contributed by atoms with E-state index in [-0.39, 0.29) is 0 Å². The molecule has 0 aromatic rings. The van der Waals surface area contributed by atoms with E-state index in [4.69, 9.17) is 42.6 Å². The normalized spacial score (nSPS) is 42.0. The van der Waals surface area contributed by atoms with Crippen LogP contribution in [0.5, 0.6) is 0 Å². The Labute approximate surface area is 452 Å². The Balaban J connectivity index is 1.58. The van der Waals surface area contributed by atoms with Crippen molar-refractivity contribution in [2.24, 2.45) is 0 Å². The van der Waals surface area contributed by atoms with E-state index in [1.54, 1.807) is 0 Å². The lowest BCUT2D eigenvalue weighted by atomic mass is 9.88. The van der Waals surface area contributed by atoms with Crippen LogP contribution in [0.15, 0.2) is 0 Å². The molecule has 27 atom stereocenters. The molecule has 0 unspecified atom stereocenters. The van der Waals surface area contributed by atoms with Crippen molar-refractivity contribution in [3.63, 3.8) is 0 Å². The van der Waals surface area contributed by atoms with Gasteiger partial charge in [-0.15, -0.1) is 0 Å². The van der Waals surface area contributed by atoms with E-state index in [2.05, 4.69) is 21.3 Å². The molecule has 5 aliphatic heterocycles. The number of nitrogens with one attached hydrogen (secondary N) is 4. The van der Waals surface area contributed by atoms with Gasteiger partial charge in [-0.3, -0.25) is 19.2 Å². The largest absolute Gasteiger partial charge is 0.477 e. The number of carboxylic acids is 2. The molecule has 5 saturated heterocycles. The third-order valence-electron chi connectivity index (χ3n) is 13.9. The fraction of sp³-hybridized carbons (Fsp3) is 0.864. The molecule has 0 radical (unpaired) electrons. The molecule has 0 bridgehead atoms. The minimum absolute atomic E-state index is 0.823. The van der Waals surface area contributed by atoms with Crippen LogP contribution in [-0.4, -0.2) is 320 Å². The number of carboxylic acid groups (broad SMARTS) is 2. The van der Waals surface area contributed by atoms with E-state index in [0.29, 0.717) is 0 Å². The van der Waals surface area contributed by atoms with Crippen LogP contribution in [0.4, 0.5) is 0 Å². The Hall–Kier alpha value is -4.14. The Bertz CT molecular complexity index is 2120. The molecule has 5 aliphatic rings. The lowest BCUT2D eigenvalue weighted by molar-refractivity contribution is -0.397. The minimum Gasteiger partial charge on any atom is -0.477 e. The van der Waals surface area contributed by atoms with Crippen LogP contribution >= 0.6 is 0 Å². The molecule has 0 aliphatic carbocycles. The molecular weight excluding hydrogens is 1100 g/mol. The van der Waals surface area contributed by atoms with Crippen molar-refractivity contribution >= 4 is 35.6 Å². The van der Waals surface area contributed by atoms with Crippen LogP contribution in [0.25, 0.3) is 0 Å². The molecule has 4 amide bonds. The van der Waals surface area contributed by atoms with E-state index in [1.807, 2.05) is 0 Å². The second-order valence-corrected chi connectivity index (χ2v) is 19.8. The number of aliphatic hydroxyl groups excluding tert-OH is 15. The number of amides is 4. The first kappa shape index (κ1) is 66.7. The van der Waals surface area contributed by atoms with E-state index in [9.17, 15) is 116 Å². The Morgan fingerprint density at radius 2 is 0.950 bits per heavy atom. The number of carbonyl (C=O) groups excluding carboxylic acids is 4. The van der Waals surface area contributed by atoms with Crippen LogP contribution in [-0.2, 0) is 71.4 Å². The highest BCUT2D eigenvalue weighted by Gasteiger charge is 2.62. The Kier molecular flexibility index (Phi) is 23.3. The third kappa shape index (κ3) is 14.8. The highest BCUT2D eigenvalue weighted by Crippen LogP contribution is 2.41. The van der Waals surface area contributed by atoms with Crippen LogP contribution in [0.1, 0.15) is 40.5 Å². The van der Waals surface area contributed by atoms with Gasteiger partial charge < -0.3 is 151 Å². The van der Waals surface area contributed by atoms with E-state index >= 15 is 0 Å². The average Bonchev–Trinajstić information content (AvgIpc) is 3.39. The summed E-state index contributed by atoms with van der Waals surface area (Å²) >= 11 is 0. The predicted octanol–water partition coefficient (Wildman–Crippen LogP) is -12.9. The number of hydrogen-bond acceptors (Lipinski definition) is 30. The van der Waals surface area contributed by atoms with Crippen molar-refractivity contribution < 1.29 is 158 Å². The zero-order valence-electron chi connectivity index (χ0n) is 43.1. The number of carbonyl (C=O) groups is 6. The van der Waals surface area contributed by atoms with Crippen molar-refractivity contribution in [1.82, 2.24) is 21.3 Å². The van der Waals surface area contributed by atoms with E-state index in [0.717, 1.165) is 27.7 Å². The average molecular weight is 1170 g/mol. The number of rotatable bonds is 23. The zero-order valence-corrected chi connectivity index (χ0v) is 43.1. The van der Waals surface area contributed by atoms with Gasteiger partial charge in [0.15, 0.2) is 18.9 Å². The topological polar surface area (TPSA) is 578 Å². The lowest BCUT2D eigenvalue weighted by Crippen LogP contribution is -2.72. The van der Waals surface area contributed by atoms with Crippen LogP contribution in [0.3, 0.4) is 0 Å². The first-order chi connectivity index (χ1) is 37.4. The molecule has 0 aromatic carbocycles. The summed E-state index contributed by atoms with van der Waals surface area (Å²) in [5.74, 6) is -14.2. The van der Waals surface area contributed by atoms with Gasteiger partial charge in [-0.25, -0.2) is 9.59 Å². The highest BCUT2D eigenvalue weighted by molar-refractivity contribution is 5.77. The molecular formula is C44H72N4O32. The Morgan fingerprint density at radius 1 is 0.512 bits per heavy atom. The van der Waals surface area contributed by atoms with Crippen LogP contribution < -0.4 is 21.3 Å². The summed E-state index contributed by atoms with van der Waals surface area (Å²) in [7, 11) is 0. The summed E-state index contributed by atoms with van der Waals surface area (Å²) in [5, 5.41) is 193. The number of ether oxygens (including phenoxy) is 9. The summed E-state index contributed by atoms with van der Waals surface area (Å²) in [6, 6.07) is -7.17. The Morgan fingerprint density at radius 3 is 1.41 bits per heavy atom. The minimum atomic E-state index is -3.39. The predicted molar refractivity (Wildman–Crippen MR) is 247 cm³/mol. The van der Waals surface area contributed by atoms with Crippen LogP contribution in [0, 0.1) is 0 Å². The van der Waals surface area contributed by atoms with Gasteiger partial charge in [-0.1, -0.05) is 0 Å². The van der Waals surface area contributed by atoms with Gasteiger partial charge >= 0.3 is 11.9 Å². The van der Waals surface area contributed by atoms with Gasteiger partial charge in [0.2, 0.25) is 23.6 Å². The monoisotopic (exact) mass is 1170 g/mol. The van der Waals surface area contributed by atoms with Crippen LogP contribution in [0.2, 0.25) is 0 Å². The molecule has 0 aromatic heterocycles. The van der Waals surface area contributed by atoms with Crippen molar-refractivity contribution in [3.05, 3.63) is 0 Å². The number of aliphatic hydroxyl groups is 15. The number of aliphatic carboxylic acids is 2. The second-order valence-electron chi connectivity index (χ2n) is 19.8. The maximum atomic E-state index is 13.5. The quantitative estimate of drug-likeness (QED) is 0.0452. The summed E-state index contributed by atoms with van der Waals surface area (Å²) in [6.07, 6.45) is -47.9. The van der Waals surface area contributed by atoms with Crippen molar-refractivity contribution in [1.29, 1.82) is 0 Å². The molecule has 36 heteroatoms. The summed E-state index contributed by atoms with van der Waals surface area (Å²) < 4.78 is 52.2. The first-order valence-electron chi connectivity index (χ1n) is 24.8. The maximum absolute atomic E-state index is 13.5. The van der Waals surface area contributed by atoms with E-state index in [1.165, 1.54) is 0 Å². The molecule has 460 valence electrons. The molecule has 5 fully saturated rings. The van der Waals surface area contributed by atoms with Gasteiger partial charge in [0.1, 0.15) is 110 Å². The lowest BCUT2D eigenvalue weighted by Gasteiger charge is -2.52. The molecule has 0 spiro atoms. The molecule has 80 heavy (non-hydrogen) atoms. The fourth-order valence-electron chi connectivity index (χ4n) is 9.93. The standard InChI is InChI=1S/C44H72N4O32/c1-12(53)45-23-16(57)5-43(41(68)69,78-35(23)27(61)18(59)7-49)72-11-22-30(64)34(26(38(67)73-22)48-15(4)56)77-40-32(66)37(33(21(10-52)75-40)76-39-25(47-14(3)55)31(65)29(63)20(9-51)74-39)80-44(42(70)71)6-17(58)24(46-13(2)54)36(79-44)28(62)19(60)8-50/h16-40,49-52,57-67H,5-11H2,1-4H3,(H,45,53)(H,46,54)(H,47,55)(H,48,56)(H,68,69)(H,70,71)/t16-,17-,18+,19+,20+,21+,22+,23+,24+,25+,26+,27+,28+,29-,30-,31+,32+,33-,34+,35+,36+,37+,38-,39-,40-,43+,44-/m0/s1. The summed E-state index contributed by atoms with van der Waals surface area (Å²) in [4.78, 5) is 75.7. The molecule has 0 saturated carbocycles. The van der Waals surface area contributed by atoms with Crippen molar-refractivity contribution in [2.75, 3.05) is 33.0 Å². The van der Waals surface area contributed by atoms with Crippen molar-refractivity contribution in [3.8, 4) is 0 Å². The first-order valence-corrected chi connectivity index (χ1v) is 24.8. The molecule has 5 rings (SSSR count).